The topological polar surface area (TPSA) is 12.0 Å². The maximum atomic E-state index is 3.20. The third-order valence-electron chi connectivity index (χ3n) is 3.52. The zero-order chi connectivity index (χ0) is 13.8. The molecule has 0 saturated carbocycles. The molecule has 18 heavy (non-hydrogen) atoms. The molecule has 1 unspecified atom stereocenters. The predicted molar refractivity (Wildman–Crippen MR) is 80.9 cm³/mol. The molecule has 102 valence electrons. The van der Waals surface area contributed by atoms with Crippen LogP contribution in [0.4, 0.5) is 0 Å². The second-order valence-electron chi connectivity index (χ2n) is 6.82. The van der Waals surface area contributed by atoms with Crippen LogP contribution < -0.4 is 5.32 Å². The Kier molecular flexibility index (Phi) is 5.40. The minimum absolute atomic E-state index is 0.328. The lowest BCUT2D eigenvalue weighted by Crippen LogP contribution is -2.20. The molecule has 0 radical (unpaired) electrons. The molecule has 0 aliphatic rings. The van der Waals surface area contributed by atoms with E-state index in [4.69, 9.17) is 0 Å². The van der Waals surface area contributed by atoms with Crippen LogP contribution in [0.5, 0.6) is 0 Å². The second kappa shape index (κ2) is 6.38. The molecule has 1 nitrogen and oxygen atoms in total. The molecule has 0 aliphatic heterocycles. The average molecular weight is 247 g/mol. The van der Waals surface area contributed by atoms with Gasteiger partial charge in [-0.1, -0.05) is 58.9 Å². The van der Waals surface area contributed by atoms with Crippen molar-refractivity contribution in [1.82, 2.24) is 5.32 Å². The van der Waals surface area contributed by atoms with Crippen LogP contribution in [0.1, 0.15) is 58.1 Å². The number of nitrogens with one attached hydrogen (secondary N) is 1. The molecule has 0 aliphatic carbocycles. The Morgan fingerprint density at radius 2 is 1.61 bits per heavy atom. The largest absolute Gasteiger partial charge is 0.316 e. The maximum Gasteiger partial charge on any atom is 0.0202 e. The van der Waals surface area contributed by atoms with E-state index in [1.54, 1.807) is 0 Å². The van der Waals surface area contributed by atoms with Crippen molar-refractivity contribution < 1.29 is 0 Å². The van der Waals surface area contributed by atoms with Crippen LogP contribution in [0, 0.1) is 11.3 Å². The van der Waals surface area contributed by atoms with Crippen LogP contribution >= 0.6 is 0 Å². The van der Waals surface area contributed by atoms with E-state index in [2.05, 4.69) is 64.2 Å². The van der Waals surface area contributed by atoms with Gasteiger partial charge in [0.1, 0.15) is 0 Å². The Morgan fingerprint density at radius 3 is 2.00 bits per heavy atom. The van der Waals surface area contributed by atoms with Crippen molar-refractivity contribution in [3.05, 3.63) is 35.4 Å². The zero-order valence-corrected chi connectivity index (χ0v) is 12.9. The highest BCUT2D eigenvalue weighted by Gasteiger charge is 2.26. The summed E-state index contributed by atoms with van der Waals surface area (Å²) in [4.78, 5) is 0. The van der Waals surface area contributed by atoms with Gasteiger partial charge in [-0.15, -0.1) is 0 Å². The summed E-state index contributed by atoms with van der Waals surface area (Å²) in [7, 11) is 1.99. The van der Waals surface area contributed by atoms with E-state index in [0.29, 0.717) is 11.3 Å². The summed E-state index contributed by atoms with van der Waals surface area (Å²) in [5.41, 5.74) is 3.17. The van der Waals surface area contributed by atoms with Crippen molar-refractivity contribution in [1.29, 1.82) is 0 Å². The fourth-order valence-electron chi connectivity index (χ4n) is 2.53. The van der Waals surface area contributed by atoms with Gasteiger partial charge in [-0.3, -0.25) is 0 Å². The summed E-state index contributed by atoms with van der Waals surface area (Å²) in [6.45, 7) is 12.6. The average Bonchev–Trinajstić information content (AvgIpc) is 2.26. The number of hydrogen-bond acceptors (Lipinski definition) is 1. The third-order valence-corrected chi connectivity index (χ3v) is 3.52. The van der Waals surface area contributed by atoms with Gasteiger partial charge in [0.2, 0.25) is 0 Å². The molecule has 0 amide bonds. The predicted octanol–water partition coefficient (Wildman–Crippen LogP) is 4.58. The highest BCUT2D eigenvalue weighted by Crippen LogP contribution is 2.39. The molecule has 0 bridgehead atoms. The van der Waals surface area contributed by atoms with Crippen molar-refractivity contribution in [2.75, 3.05) is 7.05 Å². The molecule has 0 spiro atoms. The molecular weight excluding hydrogens is 218 g/mol. The fraction of sp³-hybridized carbons (Fsp3) is 0.647. The number of benzene rings is 1. The SMILES string of the molecule is CNCc1ccc(C(CC(C)C)C(C)(C)C)cc1. The molecule has 0 saturated heterocycles. The Bertz CT molecular complexity index is 343. The lowest BCUT2D eigenvalue weighted by molar-refractivity contribution is 0.280. The molecule has 0 aromatic heterocycles. The van der Waals surface area contributed by atoms with Crippen LogP contribution in [0.15, 0.2) is 24.3 Å². The number of hydrogen-bond donors (Lipinski definition) is 1. The van der Waals surface area contributed by atoms with Gasteiger partial charge in [0, 0.05) is 6.54 Å². The summed E-state index contributed by atoms with van der Waals surface area (Å²) < 4.78 is 0. The highest BCUT2D eigenvalue weighted by molar-refractivity contribution is 5.26. The van der Waals surface area contributed by atoms with Crippen LogP contribution in [0.25, 0.3) is 0 Å². The van der Waals surface area contributed by atoms with Gasteiger partial charge in [-0.25, -0.2) is 0 Å². The summed E-state index contributed by atoms with van der Waals surface area (Å²) in [6, 6.07) is 9.13. The van der Waals surface area contributed by atoms with Gasteiger partial charge in [0.15, 0.2) is 0 Å². The molecule has 1 aromatic carbocycles. The van der Waals surface area contributed by atoms with Gasteiger partial charge >= 0.3 is 0 Å². The third kappa shape index (κ3) is 4.45. The fourth-order valence-corrected chi connectivity index (χ4v) is 2.53. The maximum absolute atomic E-state index is 3.20. The minimum atomic E-state index is 0.328. The van der Waals surface area contributed by atoms with Crippen molar-refractivity contribution >= 4 is 0 Å². The molecule has 1 atom stereocenters. The molecule has 1 heteroatoms. The van der Waals surface area contributed by atoms with Crippen molar-refractivity contribution in [3.63, 3.8) is 0 Å². The zero-order valence-electron chi connectivity index (χ0n) is 12.9. The minimum Gasteiger partial charge on any atom is -0.316 e. The van der Waals surface area contributed by atoms with Crippen LogP contribution in [-0.4, -0.2) is 7.05 Å². The van der Waals surface area contributed by atoms with E-state index in [-0.39, 0.29) is 0 Å². The van der Waals surface area contributed by atoms with Crippen molar-refractivity contribution in [2.24, 2.45) is 11.3 Å². The molecular formula is C17H29N. The van der Waals surface area contributed by atoms with E-state index in [1.807, 2.05) is 7.05 Å². The Morgan fingerprint density at radius 1 is 1.06 bits per heavy atom. The van der Waals surface area contributed by atoms with E-state index in [0.717, 1.165) is 12.5 Å². The molecule has 1 rings (SSSR count). The van der Waals surface area contributed by atoms with E-state index >= 15 is 0 Å². The lowest BCUT2D eigenvalue weighted by Gasteiger charge is -2.32. The lowest BCUT2D eigenvalue weighted by atomic mass is 9.72. The summed E-state index contributed by atoms with van der Waals surface area (Å²) >= 11 is 0. The monoisotopic (exact) mass is 247 g/mol. The van der Waals surface area contributed by atoms with Crippen molar-refractivity contribution in [2.45, 2.75) is 53.5 Å². The van der Waals surface area contributed by atoms with Crippen LogP contribution in [0.3, 0.4) is 0 Å². The summed E-state index contributed by atoms with van der Waals surface area (Å²) in [5.74, 6) is 1.38. The standard InChI is InChI=1S/C17H29N/c1-13(2)11-16(17(3,4)5)15-9-7-14(8-10-15)12-18-6/h7-10,13,16,18H,11-12H2,1-6H3. The van der Waals surface area contributed by atoms with Gasteiger partial charge < -0.3 is 5.32 Å². The quantitative estimate of drug-likeness (QED) is 0.803. The van der Waals surface area contributed by atoms with E-state index in [1.165, 1.54) is 17.5 Å². The summed E-state index contributed by atoms with van der Waals surface area (Å²) in [5, 5.41) is 3.20. The Hall–Kier alpha value is -0.820. The molecule has 0 fully saturated rings. The van der Waals surface area contributed by atoms with E-state index in [9.17, 15) is 0 Å². The number of rotatable bonds is 5. The first-order valence-corrected chi connectivity index (χ1v) is 7.08. The second-order valence-corrected chi connectivity index (χ2v) is 6.82. The van der Waals surface area contributed by atoms with Gasteiger partial charge in [-0.05, 0) is 41.8 Å². The van der Waals surface area contributed by atoms with Gasteiger partial charge in [-0.2, -0.15) is 0 Å². The van der Waals surface area contributed by atoms with Crippen LogP contribution in [0.2, 0.25) is 0 Å². The Balaban J connectivity index is 2.91. The molecule has 1 aromatic rings. The van der Waals surface area contributed by atoms with E-state index < -0.39 is 0 Å². The van der Waals surface area contributed by atoms with Crippen LogP contribution in [-0.2, 0) is 6.54 Å². The first kappa shape index (κ1) is 15.2. The smallest absolute Gasteiger partial charge is 0.0202 e. The Labute approximate surface area is 113 Å². The van der Waals surface area contributed by atoms with Gasteiger partial charge in [0.25, 0.3) is 0 Å². The normalized spacial score (nSPS) is 13.9. The molecule has 0 heterocycles. The van der Waals surface area contributed by atoms with Crippen molar-refractivity contribution in [3.8, 4) is 0 Å². The van der Waals surface area contributed by atoms with Gasteiger partial charge in [0.05, 0.1) is 0 Å². The first-order chi connectivity index (χ1) is 8.34. The first-order valence-electron chi connectivity index (χ1n) is 7.08. The molecule has 1 N–H and O–H groups in total. The highest BCUT2D eigenvalue weighted by atomic mass is 14.8. The summed E-state index contributed by atoms with van der Waals surface area (Å²) in [6.07, 6.45) is 1.26.